The van der Waals surface area contributed by atoms with E-state index in [-0.39, 0.29) is 11.6 Å². The molecule has 2 aromatic rings. The van der Waals surface area contributed by atoms with Crippen LogP contribution in [0.15, 0.2) is 47.6 Å². The minimum Gasteiger partial charge on any atom is -0.366 e. The third-order valence-corrected chi connectivity index (χ3v) is 4.89. The topological polar surface area (TPSA) is 36.4 Å². The molecule has 1 aromatic carbocycles. The van der Waals surface area contributed by atoms with Crippen LogP contribution in [-0.4, -0.2) is 47.7 Å². The summed E-state index contributed by atoms with van der Waals surface area (Å²) in [5, 5.41) is 0. The lowest BCUT2D eigenvalue weighted by Crippen LogP contribution is -2.49. The average molecular weight is 349 g/mol. The third-order valence-electron chi connectivity index (χ3n) is 3.89. The summed E-state index contributed by atoms with van der Waals surface area (Å²) < 4.78 is 27.1. The number of carbonyl (C=O) groups is 1. The molecular formula is C17H17F2N3OS. The van der Waals surface area contributed by atoms with Crippen LogP contribution in [0.3, 0.4) is 0 Å². The molecule has 1 amide bonds. The zero-order valence-electron chi connectivity index (χ0n) is 13.0. The largest absolute Gasteiger partial charge is 0.366 e. The molecule has 0 bridgehead atoms. The van der Waals surface area contributed by atoms with E-state index in [0.29, 0.717) is 31.9 Å². The Bertz CT molecular complexity index is 706. The Kier molecular flexibility index (Phi) is 5.30. The van der Waals surface area contributed by atoms with Gasteiger partial charge in [-0.3, -0.25) is 9.78 Å². The Hall–Kier alpha value is -2.15. The molecule has 3 rings (SSSR count). The zero-order chi connectivity index (χ0) is 16.9. The number of nitrogens with zero attached hydrogens (tertiary/aromatic N) is 3. The SMILES string of the molecule is O=C(CSc1ccncc1)N1CCN(c2cc(F)ccc2F)CC1. The van der Waals surface area contributed by atoms with Gasteiger partial charge in [0.1, 0.15) is 11.6 Å². The van der Waals surface area contributed by atoms with Crippen LogP contribution in [0.25, 0.3) is 0 Å². The standard InChI is InChI=1S/C17H17F2N3OS/c18-13-1-2-15(19)16(11-13)21-7-9-22(10-8-21)17(23)12-24-14-3-5-20-6-4-14/h1-6,11H,7-10,12H2. The molecule has 0 spiro atoms. The molecule has 1 saturated heterocycles. The van der Waals surface area contributed by atoms with E-state index in [1.165, 1.54) is 17.8 Å². The lowest BCUT2D eigenvalue weighted by Gasteiger charge is -2.36. The number of hydrogen-bond donors (Lipinski definition) is 0. The quantitative estimate of drug-likeness (QED) is 0.796. The second-order valence-electron chi connectivity index (χ2n) is 5.44. The molecule has 0 unspecified atom stereocenters. The molecule has 0 atom stereocenters. The Morgan fingerprint density at radius 2 is 1.79 bits per heavy atom. The number of aromatic nitrogens is 1. The first-order valence-corrected chi connectivity index (χ1v) is 8.62. The number of halogens is 2. The van der Waals surface area contributed by atoms with Gasteiger partial charge >= 0.3 is 0 Å². The number of anilines is 1. The predicted molar refractivity (Wildman–Crippen MR) is 90.1 cm³/mol. The van der Waals surface area contributed by atoms with E-state index in [0.717, 1.165) is 17.0 Å². The highest BCUT2D eigenvalue weighted by Crippen LogP contribution is 2.22. The van der Waals surface area contributed by atoms with Crippen LogP contribution in [0.2, 0.25) is 0 Å². The van der Waals surface area contributed by atoms with Crippen molar-refractivity contribution in [3.63, 3.8) is 0 Å². The Balaban J connectivity index is 1.53. The highest BCUT2D eigenvalue weighted by molar-refractivity contribution is 8.00. The van der Waals surface area contributed by atoms with Crippen molar-refractivity contribution in [1.29, 1.82) is 0 Å². The van der Waals surface area contributed by atoms with Gasteiger partial charge in [0.15, 0.2) is 0 Å². The third kappa shape index (κ3) is 4.03. The summed E-state index contributed by atoms with van der Waals surface area (Å²) >= 11 is 1.47. The van der Waals surface area contributed by atoms with E-state index < -0.39 is 11.6 Å². The van der Waals surface area contributed by atoms with Crippen molar-refractivity contribution in [2.24, 2.45) is 0 Å². The van der Waals surface area contributed by atoms with Crippen LogP contribution in [0.4, 0.5) is 14.5 Å². The maximum absolute atomic E-state index is 13.8. The van der Waals surface area contributed by atoms with Crippen LogP contribution in [0, 0.1) is 11.6 Å². The number of hydrogen-bond acceptors (Lipinski definition) is 4. The first kappa shape index (κ1) is 16.7. The number of pyridine rings is 1. The highest BCUT2D eigenvalue weighted by Gasteiger charge is 2.23. The molecule has 0 N–H and O–H groups in total. The molecule has 7 heteroatoms. The summed E-state index contributed by atoms with van der Waals surface area (Å²) in [7, 11) is 0. The lowest BCUT2D eigenvalue weighted by molar-refractivity contribution is -0.128. The van der Waals surface area contributed by atoms with Crippen LogP contribution in [-0.2, 0) is 4.79 Å². The summed E-state index contributed by atoms with van der Waals surface area (Å²) in [5.74, 6) is -0.488. The predicted octanol–water partition coefficient (Wildman–Crippen LogP) is 2.80. The van der Waals surface area contributed by atoms with Crippen LogP contribution in [0.5, 0.6) is 0 Å². The van der Waals surface area contributed by atoms with Gasteiger partial charge in [0.25, 0.3) is 0 Å². The summed E-state index contributed by atoms with van der Waals surface area (Å²) in [6.07, 6.45) is 3.39. The number of amides is 1. The monoisotopic (exact) mass is 349 g/mol. The van der Waals surface area contributed by atoms with Gasteiger partial charge in [-0.25, -0.2) is 8.78 Å². The fourth-order valence-electron chi connectivity index (χ4n) is 2.60. The van der Waals surface area contributed by atoms with Crippen LogP contribution in [0.1, 0.15) is 0 Å². The molecule has 1 aromatic heterocycles. The second-order valence-corrected chi connectivity index (χ2v) is 6.48. The number of rotatable bonds is 4. The van der Waals surface area contributed by atoms with E-state index in [1.54, 1.807) is 22.2 Å². The minimum absolute atomic E-state index is 0.0520. The second kappa shape index (κ2) is 7.61. The van der Waals surface area contributed by atoms with E-state index in [4.69, 9.17) is 0 Å². The smallest absolute Gasteiger partial charge is 0.233 e. The van der Waals surface area contributed by atoms with E-state index in [2.05, 4.69) is 4.98 Å². The van der Waals surface area contributed by atoms with Crippen molar-refractivity contribution >= 4 is 23.4 Å². The summed E-state index contributed by atoms with van der Waals surface area (Å²) in [5.41, 5.74) is 0.258. The number of carbonyl (C=O) groups excluding carboxylic acids is 1. The van der Waals surface area contributed by atoms with Crippen molar-refractivity contribution in [3.05, 3.63) is 54.4 Å². The molecule has 0 radical (unpaired) electrons. The molecular weight excluding hydrogens is 332 g/mol. The minimum atomic E-state index is -0.460. The number of piperazine rings is 1. The van der Waals surface area contributed by atoms with Gasteiger partial charge in [-0.05, 0) is 24.3 Å². The molecule has 1 fully saturated rings. The van der Waals surface area contributed by atoms with Gasteiger partial charge in [-0.15, -0.1) is 11.8 Å². The van der Waals surface area contributed by atoms with Crippen molar-refractivity contribution in [3.8, 4) is 0 Å². The van der Waals surface area contributed by atoms with Gasteiger partial charge in [0, 0.05) is 49.5 Å². The number of thioether (sulfide) groups is 1. The summed E-state index contributed by atoms with van der Waals surface area (Å²) in [6, 6.07) is 7.17. The van der Waals surface area contributed by atoms with Gasteiger partial charge in [-0.1, -0.05) is 0 Å². The lowest BCUT2D eigenvalue weighted by atomic mass is 10.2. The molecule has 126 valence electrons. The van der Waals surface area contributed by atoms with Crippen molar-refractivity contribution in [2.75, 3.05) is 36.8 Å². The van der Waals surface area contributed by atoms with E-state index in [9.17, 15) is 13.6 Å². The molecule has 1 aliphatic heterocycles. The van der Waals surface area contributed by atoms with Crippen molar-refractivity contribution < 1.29 is 13.6 Å². The van der Waals surface area contributed by atoms with Gasteiger partial charge < -0.3 is 9.80 Å². The Morgan fingerprint density at radius 3 is 2.50 bits per heavy atom. The molecule has 0 aliphatic carbocycles. The summed E-state index contributed by atoms with van der Waals surface area (Å²) in [6.45, 7) is 2.00. The first-order chi connectivity index (χ1) is 11.6. The maximum atomic E-state index is 13.8. The van der Waals surface area contributed by atoms with Gasteiger partial charge in [-0.2, -0.15) is 0 Å². The van der Waals surface area contributed by atoms with Crippen LogP contribution >= 0.6 is 11.8 Å². The van der Waals surface area contributed by atoms with E-state index >= 15 is 0 Å². The fraction of sp³-hybridized carbons (Fsp3) is 0.294. The average Bonchev–Trinajstić information content (AvgIpc) is 2.63. The van der Waals surface area contributed by atoms with Gasteiger partial charge in [0.05, 0.1) is 11.4 Å². The molecule has 4 nitrogen and oxygen atoms in total. The molecule has 0 saturated carbocycles. The van der Waals surface area contributed by atoms with Crippen molar-refractivity contribution in [1.82, 2.24) is 9.88 Å². The Morgan fingerprint density at radius 1 is 1.08 bits per heavy atom. The van der Waals surface area contributed by atoms with Gasteiger partial charge in [0.2, 0.25) is 5.91 Å². The summed E-state index contributed by atoms with van der Waals surface area (Å²) in [4.78, 5) is 20.8. The normalized spacial score (nSPS) is 14.8. The first-order valence-electron chi connectivity index (χ1n) is 7.64. The highest BCUT2D eigenvalue weighted by atomic mass is 32.2. The van der Waals surface area contributed by atoms with E-state index in [1.807, 2.05) is 12.1 Å². The molecule has 2 heterocycles. The molecule has 1 aliphatic rings. The van der Waals surface area contributed by atoms with Crippen molar-refractivity contribution in [2.45, 2.75) is 4.90 Å². The Labute approximate surface area is 143 Å². The zero-order valence-corrected chi connectivity index (χ0v) is 13.8. The fourth-order valence-corrected chi connectivity index (χ4v) is 3.38. The number of benzene rings is 1. The molecule has 24 heavy (non-hydrogen) atoms. The van der Waals surface area contributed by atoms with Crippen LogP contribution < -0.4 is 4.90 Å². The maximum Gasteiger partial charge on any atom is 0.233 e.